The summed E-state index contributed by atoms with van der Waals surface area (Å²) in [6.45, 7) is 8.76. The molecule has 2 atom stereocenters. The minimum absolute atomic E-state index is 0.244. The van der Waals surface area contributed by atoms with Gasteiger partial charge < -0.3 is 11.1 Å². The van der Waals surface area contributed by atoms with Crippen LogP contribution in [0.4, 0.5) is 0 Å². The van der Waals surface area contributed by atoms with E-state index in [1.165, 1.54) is 38.5 Å². The predicted octanol–water partition coefficient (Wildman–Crippen LogP) is 2.92. The van der Waals surface area contributed by atoms with E-state index in [0.717, 1.165) is 19.0 Å². The van der Waals surface area contributed by atoms with Gasteiger partial charge in [-0.25, -0.2) is 0 Å². The Balaban J connectivity index is 2.51. The average Bonchev–Trinajstić information content (AvgIpc) is 2.49. The maximum absolute atomic E-state index is 6.02. The molecule has 0 spiro atoms. The molecular formula is C14H30N2. The fourth-order valence-electron chi connectivity index (χ4n) is 2.76. The standard InChI is InChI=1S/C14H30N2/c1-4-13-6-5-8-14(11-15,9-7-13)16-10-12(2)3/h12-13,16H,4-11,15H2,1-3H3. The molecule has 0 saturated heterocycles. The van der Waals surface area contributed by atoms with E-state index in [0.29, 0.717) is 5.92 Å². The summed E-state index contributed by atoms with van der Waals surface area (Å²) in [5.74, 6) is 1.66. The topological polar surface area (TPSA) is 38.0 Å². The smallest absolute Gasteiger partial charge is 0.0304 e. The van der Waals surface area contributed by atoms with Gasteiger partial charge in [0.15, 0.2) is 0 Å². The molecule has 0 aromatic rings. The van der Waals surface area contributed by atoms with E-state index in [4.69, 9.17) is 5.73 Å². The van der Waals surface area contributed by atoms with Crippen LogP contribution >= 0.6 is 0 Å². The second-order valence-electron chi connectivity index (χ2n) is 5.96. The zero-order chi connectivity index (χ0) is 12.0. The van der Waals surface area contributed by atoms with Gasteiger partial charge >= 0.3 is 0 Å². The molecule has 2 heteroatoms. The van der Waals surface area contributed by atoms with E-state index in [-0.39, 0.29) is 5.54 Å². The molecule has 1 aliphatic rings. The fourth-order valence-corrected chi connectivity index (χ4v) is 2.76. The Morgan fingerprint density at radius 3 is 2.62 bits per heavy atom. The van der Waals surface area contributed by atoms with Gasteiger partial charge in [0.25, 0.3) is 0 Å². The minimum atomic E-state index is 0.244. The van der Waals surface area contributed by atoms with Gasteiger partial charge in [0.2, 0.25) is 0 Å². The van der Waals surface area contributed by atoms with Gasteiger partial charge in [0, 0.05) is 12.1 Å². The lowest BCUT2D eigenvalue weighted by atomic mass is 9.89. The van der Waals surface area contributed by atoms with Crippen LogP contribution in [0.1, 0.15) is 59.3 Å². The van der Waals surface area contributed by atoms with Crippen LogP contribution in [-0.4, -0.2) is 18.6 Å². The fraction of sp³-hybridized carbons (Fsp3) is 1.00. The Labute approximate surface area is 101 Å². The van der Waals surface area contributed by atoms with Crippen molar-refractivity contribution in [1.29, 1.82) is 0 Å². The van der Waals surface area contributed by atoms with E-state index in [2.05, 4.69) is 26.1 Å². The van der Waals surface area contributed by atoms with Gasteiger partial charge in [-0.15, -0.1) is 0 Å². The van der Waals surface area contributed by atoms with E-state index >= 15 is 0 Å². The van der Waals surface area contributed by atoms with Gasteiger partial charge in [-0.05, 0) is 37.6 Å². The molecule has 1 fully saturated rings. The average molecular weight is 226 g/mol. The highest BCUT2D eigenvalue weighted by atomic mass is 15.0. The summed E-state index contributed by atoms with van der Waals surface area (Å²) in [6, 6.07) is 0. The largest absolute Gasteiger partial charge is 0.329 e. The Bertz CT molecular complexity index is 191. The van der Waals surface area contributed by atoms with Crippen LogP contribution < -0.4 is 11.1 Å². The normalized spacial score (nSPS) is 31.7. The molecule has 0 radical (unpaired) electrons. The first kappa shape index (κ1) is 14.0. The summed E-state index contributed by atoms with van der Waals surface area (Å²) in [5, 5.41) is 3.74. The lowest BCUT2D eigenvalue weighted by Gasteiger charge is -2.34. The van der Waals surface area contributed by atoms with Gasteiger partial charge in [-0.1, -0.05) is 40.0 Å². The Morgan fingerprint density at radius 2 is 2.06 bits per heavy atom. The molecule has 1 saturated carbocycles. The van der Waals surface area contributed by atoms with Gasteiger partial charge in [-0.2, -0.15) is 0 Å². The van der Waals surface area contributed by atoms with Crippen molar-refractivity contribution in [1.82, 2.24) is 5.32 Å². The third-order valence-corrected chi connectivity index (χ3v) is 4.15. The molecule has 0 heterocycles. The van der Waals surface area contributed by atoms with Gasteiger partial charge in [0.05, 0.1) is 0 Å². The van der Waals surface area contributed by atoms with Crippen LogP contribution in [0.2, 0.25) is 0 Å². The van der Waals surface area contributed by atoms with Crippen LogP contribution in [0.15, 0.2) is 0 Å². The second kappa shape index (κ2) is 6.61. The lowest BCUT2D eigenvalue weighted by Crippen LogP contribution is -2.52. The van der Waals surface area contributed by atoms with Crippen LogP contribution in [-0.2, 0) is 0 Å². The van der Waals surface area contributed by atoms with Gasteiger partial charge in [0.1, 0.15) is 0 Å². The Morgan fingerprint density at radius 1 is 1.31 bits per heavy atom. The van der Waals surface area contributed by atoms with Crippen molar-refractivity contribution in [3.05, 3.63) is 0 Å². The highest BCUT2D eigenvalue weighted by Gasteiger charge is 2.30. The molecule has 0 bridgehead atoms. The van der Waals surface area contributed by atoms with Crippen molar-refractivity contribution in [2.45, 2.75) is 64.8 Å². The van der Waals surface area contributed by atoms with Crippen molar-refractivity contribution >= 4 is 0 Å². The molecule has 0 amide bonds. The van der Waals surface area contributed by atoms with E-state index in [1.54, 1.807) is 0 Å². The second-order valence-corrected chi connectivity index (χ2v) is 5.96. The molecule has 16 heavy (non-hydrogen) atoms. The summed E-state index contributed by atoms with van der Waals surface area (Å²) in [6.07, 6.45) is 7.99. The van der Waals surface area contributed by atoms with Crippen molar-refractivity contribution in [3.63, 3.8) is 0 Å². The van der Waals surface area contributed by atoms with Crippen molar-refractivity contribution in [2.24, 2.45) is 17.6 Å². The molecule has 2 nitrogen and oxygen atoms in total. The monoisotopic (exact) mass is 226 g/mol. The SMILES string of the molecule is CCC1CCCC(CN)(NCC(C)C)CC1. The maximum atomic E-state index is 6.02. The van der Waals surface area contributed by atoms with E-state index in [9.17, 15) is 0 Å². The van der Waals surface area contributed by atoms with Crippen LogP contribution in [0, 0.1) is 11.8 Å². The first-order valence-electron chi connectivity index (χ1n) is 7.07. The molecule has 0 aromatic carbocycles. The summed E-state index contributed by atoms with van der Waals surface area (Å²) < 4.78 is 0. The lowest BCUT2D eigenvalue weighted by molar-refractivity contribution is 0.275. The van der Waals surface area contributed by atoms with Crippen LogP contribution in [0.3, 0.4) is 0 Å². The Kier molecular flexibility index (Phi) is 5.77. The molecule has 2 unspecified atom stereocenters. The van der Waals surface area contributed by atoms with Crippen LogP contribution in [0.25, 0.3) is 0 Å². The third kappa shape index (κ3) is 4.06. The minimum Gasteiger partial charge on any atom is -0.329 e. The zero-order valence-corrected chi connectivity index (χ0v) is 11.4. The van der Waals surface area contributed by atoms with Crippen molar-refractivity contribution in [2.75, 3.05) is 13.1 Å². The number of nitrogens with two attached hydrogens (primary N) is 1. The molecule has 1 rings (SSSR count). The molecule has 0 aliphatic heterocycles. The molecule has 3 N–H and O–H groups in total. The highest BCUT2D eigenvalue weighted by Crippen LogP contribution is 2.31. The number of nitrogens with one attached hydrogen (secondary N) is 1. The maximum Gasteiger partial charge on any atom is 0.0304 e. The summed E-state index contributed by atoms with van der Waals surface area (Å²) in [4.78, 5) is 0. The number of hydrogen-bond acceptors (Lipinski definition) is 2. The highest BCUT2D eigenvalue weighted by molar-refractivity contribution is 4.92. The van der Waals surface area contributed by atoms with E-state index < -0.39 is 0 Å². The Hall–Kier alpha value is -0.0800. The first-order chi connectivity index (χ1) is 7.62. The molecular weight excluding hydrogens is 196 g/mol. The molecule has 0 aromatic heterocycles. The number of hydrogen-bond donors (Lipinski definition) is 2. The zero-order valence-electron chi connectivity index (χ0n) is 11.4. The summed E-state index contributed by atoms with van der Waals surface area (Å²) >= 11 is 0. The summed E-state index contributed by atoms with van der Waals surface area (Å²) in [5.41, 5.74) is 6.26. The summed E-state index contributed by atoms with van der Waals surface area (Å²) in [7, 11) is 0. The van der Waals surface area contributed by atoms with Crippen molar-refractivity contribution < 1.29 is 0 Å². The first-order valence-corrected chi connectivity index (χ1v) is 7.07. The van der Waals surface area contributed by atoms with Crippen LogP contribution in [0.5, 0.6) is 0 Å². The van der Waals surface area contributed by atoms with Crippen molar-refractivity contribution in [3.8, 4) is 0 Å². The van der Waals surface area contributed by atoms with E-state index in [1.807, 2.05) is 0 Å². The number of rotatable bonds is 5. The third-order valence-electron chi connectivity index (χ3n) is 4.15. The quantitative estimate of drug-likeness (QED) is 0.707. The van der Waals surface area contributed by atoms with Gasteiger partial charge in [-0.3, -0.25) is 0 Å². The molecule has 1 aliphatic carbocycles. The predicted molar refractivity (Wildman–Crippen MR) is 71.5 cm³/mol. The molecule has 96 valence electrons.